The van der Waals surface area contributed by atoms with Gasteiger partial charge in [-0.05, 0) is 47.4 Å². The van der Waals surface area contributed by atoms with Crippen LogP contribution in [0.1, 0.15) is 28.3 Å². The summed E-state index contributed by atoms with van der Waals surface area (Å²) in [6.07, 6.45) is 0.859. The smallest absolute Gasteiger partial charge is 0.329 e. The quantitative estimate of drug-likeness (QED) is 0.434. The lowest BCUT2D eigenvalue weighted by Gasteiger charge is -2.15. The summed E-state index contributed by atoms with van der Waals surface area (Å²) in [5.74, 6) is 1.90. The van der Waals surface area contributed by atoms with Crippen molar-refractivity contribution < 1.29 is 14.5 Å². The third kappa shape index (κ3) is 4.99. The lowest BCUT2D eigenvalue weighted by atomic mass is 9.89. The second-order valence-electron chi connectivity index (χ2n) is 7.13. The Morgan fingerprint density at radius 2 is 1.57 bits per heavy atom. The van der Waals surface area contributed by atoms with Gasteiger partial charge in [0.15, 0.2) is 0 Å². The topological polar surface area (TPSA) is 58.6 Å². The average Bonchev–Trinajstić information content (AvgIpc) is 3.23. The lowest BCUT2D eigenvalue weighted by molar-refractivity contribution is -0.368. The van der Waals surface area contributed by atoms with Crippen molar-refractivity contribution in [2.75, 3.05) is 12.8 Å². The molecule has 0 amide bonds. The number of anilines is 1. The maximum absolute atomic E-state index is 5.96. The van der Waals surface area contributed by atoms with Gasteiger partial charge in [0, 0.05) is 5.38 Å². The molecular weight excluding hydrogens is 392 g/mol. The number of nitrogens with two attached hydrogens (primary N) is 1. The fraction of sp³-hybridized carbons (Fsp3) is 0.160. The molecule has 4 nitrogen and oxygen atoms in total. The van der Waals surface area contributed by atoms with Crippen molar-refractivity contribution >= 4 is 16.5 Å². The molecule has 1 heterocycles. The van der Waals surface area contributed by atoms with E-state index in [1.54, 1.807) is 7.11 Å². The van der Waals surface area contributed by atoms with Crippen LogP contribution in [0.15, 0.2) is 84.2 Å². The van der Waals surface area contributed by atoms with Crippen LogP contribution in [-0.4, -0.2) is 7.11 Å². The number of aromatic nitrogens is 1. The predicted octanol–water partition coefficient (Wildman–Crippen LogP) is 5.11. The molecule has 0 spiro atoms. The zero-order valence-electron chi connectivity index (χ0n) is 16.9. The van der Waals surface area contributed by atoms with Crippen LogP contribution >= 0.6 is 11.3 Å². The molecule has 1 atom stereocenters. The molecule has 5 heteroatoms. The summed E-state index contributed by atoms with van der Waals surface area (Å²) in [5, 5.41) is 2.81. The van der Waals surface area contributed by atoms with Crippen molar-refractivity contribution in [2.24, 2.45) is 0 Å². The Labute approximate surface area is 180 Å². The van der Waals surface area contributed by atoms with Gasteiger partial charge in [0.2, 0.25) is 0 Å². The second kappa shape index (κ2) is 9.46. The highest BCUT2D eigenvalue weighted by Crippen LogP contribution is 2.30. The molecule has 0 saturated carbocycles. The maximum atomic E-state index is 5.96. The van der Waals surface area contributed by atoms with Crippen molar-refractivity contribution in [2.45, 2.75) is 18.9 Å². The van der Waals surface area contributed by atoms with Gasteiger partial charge in [0.1, 0.15) is 23.8 Å². The first-order valence-corrected chi connectivity index (χ1v) is 10.7. The number of methoxy groups -OCH3 is 1. The second-order valence-corrected chi connectivity index (χ2v) is 8.04. The van der Waals surface area contributed by atoms with E-state index in [1.807, 2.05) is 42.5 Å². The van der Waals surface area contributed by atoms with Gasteiger partial charge < -0.3 is 9.47 Å². The number of nitrogens with one attached hydrogen (secondary N) is 1. The van der Waals surface area contributed by atoms with Crippen LogP contribution in [-0.2, 0) is 13.0 Å². The van der Waals surface area contributed by atoms with Gasteiger partial charge in [0.25, 0.3) is 0 Å². The minimum atomic E-state index is 0.181. The third-order valence-corrected chi connectivity index (χ3v) is 5.81. The van der Waals surface area contributed by atoms with Crippen LogP contribution in [0, 0.1) is 0 Å². The van der Waals surface area contributed by atoms with E-state index >= 15 is 0 Å². The number of benzene rings is 3. The molecule has 0 saturated heterocycles. The van der Waals surface area contributed by atoms with E-state index in [0.29, 0.717) is 11.7 Å². The largest absolute Gasteiger partial charge is 0.497 e. The number of nitrogen functional groups attached to an aromatic ring is 1. The van der Waals surface area contributed by atoms with Crippen molar-refractivity contribution in [3.63, 3.8) is 0 Å². The van der Waals surface area contributed by atoms with E-state index in [-0.39, 0.29) is 5.92 Å². The Hall–Kier alpha value is -3.31. The highest BCUT2D eigenvalue weighted by Gasteiger charge is 2.20. The van der Waals surface area contributed by atoms with Crippen molar-refractivity contribution in [3.05, 3.63) is 107 Å². The molecule has 0 radical (unpaired) electrons. The van der Waals surface area contributed by atoms with Gasteiger partial charge in [0.05, 0.1) is 13.0 Å². The third-order valence-electron chi connectivity index (χ3n) is 5.09. The number of hydrogen-bond donors (Lipinski definition) is 1. The first-order valence-electron chi connectivity index (χ1n) is 9.87. The highest BCUT2D eigenvalue weighted by atomic mass is 32.1. The first-order chi connectivity index (χ1) is 14.7. The lowest BCUT2D eigenvalue weighted by Crippen LogP contribution is -2.17. The Morgan fingerprint density at radius 1 is 0.867 bits per heavy atom. The van der Waals surface area contributed by atoms with E-state index in [1.165, 1.54) is 22.5 Å². The molecule has 3 aromatic carbocycles. The summed E-state index contributed by atoms with van der Waals surface area (Å²) >= 11 is 1.53. The van der Waals surface area contributed by atoms with E-state index in [0.717, 1.165) is 29.2 Å². The fourth-order valence-corrected chi connectivity index (χ4v) is 4.09. The summed E-state index contributed by atoms with van der Waals surface area (Å²) in [5.41, 5.74) is 10.7. The fourth-order valence-electron chi connectivity index (χ4n) is 3.44. The highest BCUT2D eigenvalue weighted by molar-refractivity contribution is 7.13. The summed E-state index contributed by atoms with van der Waals surface area (Å²) < 4.78 is 11.2. The number of rotatable bonds is 8. The molecule has 4 aromatic rings. The predicted molar refractivity (Wildman–Crippen MR) is 121 cm³/mol. The zero-order chi connectivity index (χ0) is 20.8. The number of thiazole rings is 1. The van der Waals surface area contributed by atoms with Gasteiger partial charge in [-0.3, -0.25) is 5.73 Å². The summed E-state index contributed by atoms with van der Waals surface area (Å²) in [6, 6.07) is 26.7. The van der Waals surface area contributed by atoms with E-state index < -0.39 is 0 Å². The van der Waals surface area contributed by atoms with E-state index in [9.17, 15) is 0 Å². The van der Waals surface area contributed by atoms with Crippen molar-refractivity contribution in [1.82, 2.24) is 0 Å². The molecule has 3 N–H and O–H groups in total. The van der Waals surface area contributed by atoms with Crippen LogP contribution in [0.5, 0.6) is 11.5 Å². The Morgan fingerprint density at radius 3 is 2.20 bits per heavy atom. The average molecular weight is 418 g/mol. The minimum Gasteiger partial charge on any atom is -0.497 e. The number of H-pyrrole nitrogens is 1. The summed E-state index contributed by atoms with van der Waals surface area (Å²) in [4.78, 5) is 3.31. The molecule has 1 aromatic heterocycles. The van der Waals surface area contributed by atoms with E-state index in [4.69, 9.17) is 15.2 Å². The van der Waals surface area contributed by atoms with Crippen LogP contribution in [0.2, 0.25) is 0 Å². The van der Waals surface area contributed by atoms with Gasteiger partial charge in [-0.25, -0.2) is 4.98 Å². The molecule has 30 heavy (non-hydrogen) atoms. The Kier molecular flexibility index (Phi) is 6.30. The summed E-state index contributed by atoms with van der Waals surface area (Å²) in [6.45, 7) is 0.567. The van der Waals surface area contributed by atoms with Gasteiger partial charge >= 0.3 is 5.13 Å². The standard InChI is InChI=1S/C25H24N2O2S/c1-28-21-13-9-20(10-14-21)23(24-17-30-25(26)27-24)15-18-7-11-22(12-8-18)29-16-19-5-3-2-4-6-19/h2-14,17,23H,15-16H2,1H3,(H2,26,27)/p+1. The normalized spacial score (nSPS) is 11.8. The maximum Gasteiger partial charge on any atom is 0.329 e. The first kappa shape index (κ1) is 20.0. The van der Waals surface area contributed by atoms with Crippen LogP contribution in [0.4, 0.5) is 5.13 Å². The Balaban J connectivity index is 1.49. The van der Waals surface area contributed by atoms with Crippen molar-refractivity contribution in [3.8, 4) is 11.5 Å². The van der Waals surface area contributed by atoms with Crippen LogP contribution in [0.3, 0.4) is 0 Å². The molecule has 152 valence electrons. The molecule has 1 unspecified atom stereocenters. The minimum absolute atomic E-state index is 0.181. The summed E-state index contributed by atoms with van der Waals surface area (Å²) in [7, 11) is 1.68. The van der Waals surface area contributed by atoms with Gasteiger partial charge in [-0.15, -0.1) is 0 Å². The Bertz CT molecular complexity index is 1060. The zero-order valence-corrected chi connectivity index (χ0v) is 17.7. The van der Waals surface area contributed by atoms with Gasteiger partial charge in [-0.2, -0.15) is 0 Å². The van der Waals surface area contributed by atoms with Crippen LogP contribution in [0.25, 0.3) is 0 Å². The number of aromatic amines is 1. The monoisotopic (exact) mass is 417 g/mol. The van der Waals surface area contributed by atoms with Gasteiger partial charge in [-0.1, -0.05) is 65.9 Å². The number of ether oxygens (including phenoxy) is 2. The molecule has 4 rings (SSSR count). The van der Waals surface area contributed by atoms with Crippen LogP contribution < -0.4 is 20.2 Å². The molecule has 0 aliphatic heterocycles. The molecular formula is C25H25N2O2S+. The van der Waals surface area contributed by atoms with E-state index in [2.05, 4.69) is 46.8 Å². The molecule has 0 fully saturated rings. The molecule has 0 aliphatic carbocycles. The SMILES string of the molecule is COc1ccc(C(Cc2ccc(OCc3ccccc3)cc2)c2csc(N)[nH+]2)cc1. The molecule has 0 bridgehead atoms. The molecule has 0 aliphatic rings. The van der Waals surface area contributed by atoms with Crippen molar-refractivity contribution in [1.29, 1.82) is 0 Å². The number of hydrogen-bond acceptors (Lipinski definition) is 4.